The first-order valence-electron chi connectivity index (χ1n) is 5.99. The Hall–Kier alpha value is -0.810. The molecule has 0 aliphatic heterocycles. The van der Waals surface area contributed by atoms with Gasteiger partial charge in [0, 0.05) is 6.42 Å². The van der Waals surface area contributed by atoms with Crippen molar-refractivity contribution in [3.8, 4) is 0 Å². The molecule has 0 spiro atoms. The van der Waals surface area contributed by atoms with Crippen LogP contribution < -0.4 is 11.5 Å². The lowest BCUT2D eigenvalue weighted by atomic mass is 9.77. The summed E-state index contributed by atoms with van der Waals surface area (Å²) in [6, 6.07) is 0. The first kappa shape index (κ1) is 14.3. The highest BCUT2D eigenvalue weighted by Crippen LogP contribution is 2.36. The maximum Gasteiger partial charge on any atom is 0.438 e. The zero-order valence-corrected chi connectivity index (χ0v) is 10.7. The van der Waals surface area contributed by atoms with E-state index in [2.05, 4.69) is 14.7 Å². The first-order valence-corrected chi connectivity index (χ1v) is 5.99. The molecule has 1 aromatic heterocycles. The molecule has 0 saturated heterocycles. The van der Waals surface area contributed by atoms with E-state index in [0.29, 0.717) is 12.4 Å². The van der Waals surface area contributed by atoms with Gasteiger partial charge in [0.15, 0.2) is 5.82 Å². The van der Waals surface area contributed by atoms with Gasteiger partial charge in [-0.15, -0.1) is 12.4 Å². The summed E-state index contributed by atoms with van der Waals surface area (Å²) in [7, 11) is 0. The van der Waals surface area contributed by atoms with Crippen LogP contribution in [0.5, 0.6) is 0 Å². The molecule has 1 heterocycles. The molecule has 1 saturated carbocycles. The standard InChI is InChI=1S/C11H19N3O2.ClH/c12-8-11(5-3-1-2-4-6-11)7-9-13-10(15)16-14-9;/h1-8,12H2,(H,13,14,15);1H. The summed E-state index contributed by atoms with van der Waals surface area (Å²) in [4.78, 5) is 13.5. The van der Waals surface area contributed by atoms with E-state index in [1.54, 1.807) is 0 Å². The maximum absolute atomic E-state index is 10.9. The number of aromatic amines is 1. The molecule has 0 atom stereocenters. The number of hydrogen-bond acceptors (Lipinski definition) is 4. The number of aromatic nitrogens is 2. The van der Waals surface area contributed by atoms with Crippen molar-refractivity contribution in [2.75, 3.05) is 6.54 Å². The van der Waals surface area contributed by atoms with Gasteiger partial charge in [-0.25, -0.2) is 4.79 Å². The molecule has 1 fully saturated rings. The smallest absolute Gasteiger partial charge is 0.330 e. The van der Waals surface area contributed by atoms with Crippen LogP contribution in [0.3, 0.4) is 0 Å². The quantitative estimate of drug-likeness (QED) is 0.810. The largest absolute Gasteiger partial charge is 0.438 e. The third kappa shape index (κ3) is 3.57. The molecule has 5 nitrogen and oxygen atoms in total. The molecule has 2 rings (SSSR count). The van der Waals surface area contributed by atoms with Crippen LogP contribution in [0.2, 0.25) is 0 Å². The highest BCUT2D eigenvalue weighted by Gasteiger charge is 2.31. The Labute approximate surface area is 107 Å². The minimum Gasteiger partial charge on any atom is -0.330 e. The predicted molar refractivity (Wildman–Crippen MR) is 67.3 cm³/mol. The van der Waals surface area contributed by atoms with E-state index < -0.39 is 5.76 Å². The lowest BCUT2D eigenvalue weighted by molar-refractivity contribution is 0.243. The molecule has 0 amide bonds. The van der Waals surface area contributed by atoms with Crippen LogP contribution in [0.15, 0.2) is 9.32 Å². The summed E-state index contributed by atoms with van der Waals surface area (Å²) in [6.45, 7) is 0.655. The molecule has 1 aliphatic carbocycles. The number of nitrogens with one attached hydrogen (secondary N) is 1. The van der Waals surface area contributed by atoms with Crippen LogP contribution in [0.1, 0.15) is 44.3 Å². The first-order chi connectivity index (χ1) is 7.74. The third-order valence-electron chi connectivity index (χ3n) is 3.62. The van der Waals surface area contributed by atoms with Crippen molar-refractivity contribution in [2.45, 2.75) is 44.9 Å². The molecule has 0 radical (unpaired) electrons. The molecular formula is C11H20ClN3O2. The van der Waals surface area contributed by atoms with Crippen molar-refractivity contribution in [3.63, 3.8) is 0 Å². The minimum atomic E-state index is -0.476. The fraction of sp³-hybridized carbons (Fsp3) is 0.818. The van der Waals surface area contributed by atoms with E-state index in [1.165, 1.54) is 25.7 Å². The Morgan fingerprint density at radius 3 is 2.41 bits per heavy atom. The van der Waals surface area contributed by atoms with E-state index >= 15 is 0 Å². The van der Waals surface area contributed by atoms with Crippen LogP contribution in [-0.2, 0) is 6.42 Å². The van der Waals surface area contributed by atoms with Crippen molar-refractivity contribution < 1.29 is 4.52 Å². The Bertz CT molecular complexity index is 380. The molecule has 1 aliphatic rings. The molecule has 3 N–H and O–H groups in total. The summed E-state index contributed by atoms with van der Waals surface area (Å²) in [5.41, 5.74) is 6.02. The molecular weight excluding hydrogens is 242 g/mol. The topological polar surface area (TPSA) is 84.9 Å². The predicted octanol–water partition coefficient (Wildman–Crippen LogP) is 1.63. The molecule has 6 heteroatoms. The average Bonchev–Trinajstić information content (AvgIpc) is 2.54. The van der Waals surface area contributed by atoms with Crippen molar-refractivity contribution >= 4 is 12.4 Å². The molecule has 1 aromatic rings. The summed E-state index contributed by atoms with van der Waals surface area (Å²) in [6.07, 6.45) is 8.00. The van der Waals surface area contributed by atoms with Crippen molar-refractivity contribution in [1.82, 2.24) is 10.1 Å². The third-order valence-corrected chi connectivity index (χ3v) is 3.62. The summed E-state index contributed by atoms with van der Waals surface area (Å²) in [5, 5.41) is 3.73. The lowest BCUT2D eigenvalue weighted by Gasteiger charge is -2.30. The van der Waals surface area contributed by atoms with Gasteiger partial charge in [0.2, 0.25) is 0 Å². The van der Waals surface area contributed by atoms with Gasteiger partial charge in [0.1, 0.15) is 0 Å². The number of rotatable bonds is 3. The zero-order chi connectivity index (χ0) is 11.4. The fourth-order valence-electron chi connectivity index (χ4n) is 2.62. The van der Waals surface area contributed by atoms with E-state index in [9.17, 15) is 4.79 Å². The fourth-order valence-corrected chi connectivity index (χ4v) is 2.62. The van der Waals surface area contributed by atoms with E-state index in [1.807, 2.05) is 0 Å². The maximum atomic E-state index is 10.9. The summed E-state index contributed by atoms with van der Waals surface area (Å²) < 4.78 is 4.52. The average molecular weight is 262 g/mol. The molecule has 0 unspecified atom stereocenters. The Balaban J connectivity index is 0.00000144. The second-order valence-electron chi connectivity index (χ2n) is 4.84. The van der Waals surface area contributed by atoms with E-state index in [-0.39, 0.29) is 17.8 Å². The van der Waals surface area contributed by atoms with Crippen LogP contribution in [0.25, 0.3) is 0 Å². The van der Waals surface area contributed by atoms with Gasteiger partial charge < -0.3 is 5.73 Å². The number of nitrogens with zero attached hydrogens (tertiary/aromatic N) is 1. The van der Waals surface area contributed by atoms with Crippen LogP contribution in [0.4, 0.5) is 0 Å². The highest BCUT2D eigenvalue weighted by molar-refractivity contribution is 5.85. The number of halogens is 1. The molecule has 17 heavy (non-hydrogen) atoms. The van der Waals surface area contributed by atoms with E-state index in [0.717, 1.165) is 19.3 Å². The number of H-pyrrole nitrogens is 1. The number of nitrogens with two attached hydrogens (primary N) is 1. The monoisotopic (exact) mass is 261 g/mol. The molecule has 0 bridgehead atoms. The minimum absolute atomic E-state index is 0. The Kier molecular flexibility index (Phi) is 5.21. The van der Waals surface area contributed by atoms with Crippen molar-refractivity contribution in [2.24, 2.45) is 11.1 Å². The SMILES string of the molecule is Cl.NCC1(Cc2noc(=O)[nH]2)CCCCCC1. The lowest BCUT2D eigenvalue weighted by Crippen LogP contribution is -2.32. The Morgan fingerprint density at radius 2 is 1.94 bits per heavy atom. The van der Waals surface area contributed by atoms with Crippen LogP contribution in [-0.4, -0.2) is 16.7 Å². The summed E-state index contributed by atoms with van der Waals surface area (Å²) >= 11 is 0. The van der Waals surface area contributed by atoms with E-state index in [4.69, 9.17) is 5.73 Å². The van der Waals surface area contributed by atoms with Gasteiger partial charge in [0.05, 0.1) is 0 Å². The van der Waals surface area contributed by atoms with Crippen molar-refractivity contribution in [3.05, 3.63) is 16.4 Å². The second-order valence-corrected chi connectivity index (χ2v) is 4.84. The summed E-state index contributed by atoms with van der Waals surface area (Å²) in [5.74, 6) is 0.160. The van der Waals surface area contributed by atoms with Crippen LogP contribution >= 0.6 is 12.4 Å². The number of hydrogen-bond donors (Lipinski definition) is 2. The van der Waals surface area contributed by atoms with Gasteiger partial charge in [-0.2, -0.15) is 0 Å². The van der Waals surface area contributed by atoms with Gasteiger partial charge >= 0.3 is 5.76 Å². The molecule has 98 valence electrons. The zero-order valence-electron chi connectivity index (χ0n) is 9.91. The molecule has 0 aromatic carbocycles. The normalized spacial score (nSPS) is 19.4. The van der Waals surface area contributed by atoms with Gasteiger partial charge in [0.25, 0.3) is 0 Å². The second kappa shape index (κ2) is 6.21. The van der Waals surface area contributed by atoms with Crippen molar-refractivity contribution in [1.29, 1.82) is 0 Å². The van der Waals surface area contributed by atoms with Gasteiger partial charge in [-0.3, -0.25) is 9.51 Å². The van der Waals surface area contributed by atoms with Crippen LogP contribution in [0, 0.1) is 5.41 Å². The van der Waals surface area contributed by atoms with Gasteiger partial charge in [-0.1, -0.05) is 30.8 Å². The van der Waals surface area contributed by atoms with Gasteiger partial charge in [-0.05, 0) is 24.8 Å². The Morgan fingerprint density at radius 1 is 1.29 bits per heavy atom. The highest BCUT2D eigenvalue weighted by atomic mass is 35.5.